The molecule has 1 aromatic carbocycles. The van der Waals surface area contributed by atoms with Gasteiger partial charge in [0.15, 0.2) is 0 Å². The number of nitrogens with one attached hydrogen (secondary N) is 1. The van der Waals surface area contributed by atoms with Crippen molar-refractivity contribution in [2.24, 2.45) is 13.0 Å². The van der Waals surface area contributed by atoms with Gasteiger partial charge in [0.25, 0.3) is 5.56 Å². The van der Waals surface area contributed by atoms with Gasteiger partial charge in [-0.2, -0.15) is 0 Å². The Morgan fingerprint density at radius 1 is 1.10 bits per heavy atom. The van der Waals surface area contributed by atoms with E-state index in [0.29, 0.717) is 11.3 Å². The van der Waals surface area contributed by atoms with Crippen molar-refractivity contribution in [2.45, 2.75) is 62.6 Å². The van der Waals surface area contributed by atoms with Crippen LogP contribution in [-0.4, -0.2) is 29.0 Å². The number of hydrogen-bond donors (Lipinski definition) is 1. The molecule has 2 saturated carbocycles. The first-order valence-electron chi connectivity index (χ1n) is 11.0. The van der Waals surface area contributed by atoms with Gasteiger partial charge in [-0.05, 0) is 43.2 Å². The minimum Gasteiger partial charge on any atom is -0.851 e. The van der Waals surface area contributed by atoms with E-state index < -0.39 is 24.0 Å². The predicted octanol–water partition coefficient (Wildman–Crippen LogP) is 1.43. The second-order valence-electron chi connectivity index (χ2n) is 9.32. The number of nitrogens with zero attached hydrogens (tertiary/aromatic N) is 2. The van der Waals surface area contributed by atoms with Crippen LogP contribution in [-0.2, 0) is 12.5 Å². The Morgan fingerprint density at radius 2 is 1.77 bits per heavy atom. The summed E-state index contributed by atoms with van der Waals surface area (Å²) in [6.07, 6.45) is 5.47. The van der Waals surface area contributed by atoms with Crippen molar-refractivity contribution in [3.05, 3.63) is 63.2 Å². The summed E-state index contributed by atoms with van der Waals surface area (Å²) in [7, 11) is 3.67. The zero-order valence-corrected chi connectivity index (χ0v) is 17.9. The van der Waals surface area contributed by atoms with Gasteiger partial charge >= 0.3 is 0 Å². The molecule has 2 unspecified atom stereocenters. The van der Waals surface area contributed by atoms with Gasteiger partial charge in [0, 0.05) is 42.2 Å². The number of aromatic nitrogens is 2. The maximum Gasteiger partial charge on any atom is 0.269 e. The van der Waals surface area contributed by atoms with Crippen LogP contribution in [0.5, 0.6) is 0 Å². The number of allylic oxidation sites excluding steroid dienone is 1. The number of para-hydroxylation sites is 1. The molecule has 2 aromatic rings. The van der Waals surface area contributed by atoms with Crippen molar-refractivity contribution in [2.75, 3.05) is 11.9 Å². The van der Waals surface area contributed by atoms with Crippen LogP contribution in [0.2, 0.25) is 0 Å². The standard InChI is InChI=1S/C24H29N3O3/c1-14-19(23(30)27(3)25-14)20-21(28)15(22(20)29)13-18-24(11-7-4-8-12-24)16-9-5-6-10-17(16)26(18)2/h5-6,9-10,13,15,20-22,25H,4,7-8,11-12H2,1-3H3/q-2/b18-13+. The second kappa shape index (κ2) is 6.86. The van der Waals surface area contributed by atoms with Crippen molar-refractivity contribution in [3.63, 3.8) is 0 Å². The lowest BCUT2D eigenvalue weighted by atomic mass is 9.63. The Kier molecular flexibility index (Phi) is 4.49. The average Bonchev–Trinajstić information content (AvgIpc) is 3.12. The molecule has 1 spiro atoms. The number of fused-ring (bicyclic) bond motifs is 2. The summed E-state index contributed by atoms with van der Waals surface area (Å²) in [5.41, 5.74) is 4.30. The van der Waals surface area contributed by atoms with E-state index in [1.54, 1.807) is 14.0 Å². The van der Waals surface area contributed by atoms with Crippen LogP contribution in [0.3, 0.4) is 0 Å². The number of H-pyrrole nitrogens is 1. The summed E-state index contributed by atoms with van der Waals surface area (Å²) in [6.45, 7) is 1.76. The summed E-state index contributed by atoms with van der Waals surface area (Å²) >= 11 is 0. The van der Waals surface area contributed by atoms with Crippen LogP contribution in [0.1, 0.15) is 54.8 Å². The van der Waals surface area contributed by atoms with Crippen LogP contribution in [0.25, 0.3) is 0 Å². The second-order valence-corrected chi connectivity index (χ2v) is 9.32. The van der Waals surface area contributed by atoms with E-state index in [1.165, 1.54) is 22.4 Å². The predicted molar refractivity (Wildman–Crippen MR) is 112 cm³/mol. The van der Waals surface area contributed by atoms with Crippen molar-refractivity contribution in [3.8, 4) is 0 Å². The number of aromatic amines is 1. The molecule has 0 saturated heterocycles. The first-order chi connectivity index (χ1) is 14.4. The molecule has 30 heavy (non-hydrogen) atoms. The summed E-state index contributed by atoms with van der Waals surface area (Å²) in [5.74, 6) is -1.37. The topological polar surface area (TPSA) is 87.1 Å². The molecule has 1 N–H and O–H groups in total. The first-order valence-corrected chi connectivity index (χ1v) is 11.0. The number of anilines is 1. The molecule has 0 radical (unpaired) electrons. The fraction of sp³-hybridized carbons (Fsp3) is 0.542. The number of hydrogen-bond acceptors (Lipinski definition) is 4. The lowest BCUT2D eigenvalue weighted by molar-refractivity contribution is -0.543. The minimum absolute atomic E-state index is 0.0890. The quantitative estimate of drug-likeness (QED) is 0.816. The highest BCUT2D eigenvalue weighted by Gasteiger charge is 2.48. The van der Waals surface area contributed by atoms with Gasteiger partial charge in [-0.15, -0.1) is 12.2 Å². The molecule has 3 aliphatic rings. The number of likely N-dealkylation sites (N-methyl/N-ethyl adjacent to an activating group) is 1. The number of aryl methyl sites for hydroxylation is 2. The maximum absolute atomic E-state index is 13.2. The monoisotopic (exact) mass is 407 g/mol. The van der Waals surface area contributed by atoms with Gasteiger partial charge in [0.1, 0.15) is 0 Å². The van der Waals surface area contributed by atoms with Gasteiger partial charge in [-0.25, -0.2) is 0 Å². The van der Waals surface area contributed by atoms with E-state index in [2.05, 4.69) is 35.2 Å². The molecule has 2 atom stereocenters. The third kappa shape index (κ3) is 2.53. The van der Waals surface area contributed by atoms with E-state index in [0.717, 1.165) is 31.4 Å². The Labute approximate surface area is 176 Å². The molecule has 6 nitrogen and oxygen atoms in total. The molecule has 6 heteroatoms. The smallest absolute Gasteiger partial charge is 0.269 e. The van der Waals surface area contributed by atoms with E-state index in [9.17, 15) is 15.0 Å². The van der Waals surface area contributed by atoms with E-state index in [1.807, 2.05) is 12.1 Å². The van der Waals surface area contributed by atoms with E-state index >= 15 is 0 Å². The Bertz CT molecular complexity index is 1050. The van der Waals surface area contributed by atoms with Crippen LogP contribution in [0.4, 0.5) is 5.69 Å². The molecular weight excluding hydrogens is 378 g/mol. The molecular formula is C24H29N3O3-2. The van der Waals surface area contributed by atoms with Crippen LogP contribution in [0.15, 0.2) is 40.8 Å². The molecule has 1 aromatic heterocycles. The summed E-state index contributed by atoms with van der Waals surface area (Å²) in [4.78, 5) is 14.6. The molecule has 1 aliphatic heterocycles. The zero-order valence-electron chi connectivity index (χ0n) is 17.9. The lowest BCUT2D eigenvalue weighted by Crippen LogP contribution is -2.65. The zero-order chi connectivity index (χ0) is 21.2. The van der Waals surface area contributed by atoms with E-state index in [-0.39, 0.29) is 11.0 Å². The molecule has 0 amide bonds. The molecule has 2 fully saturated rings. The molecule has 2 aliphatic carbocycles. The number of rotatable bonds is 2. The SMILES string of the molecule is Cc1[nH]n(C)c(=O)c1C1C([O-])C(/C=C2/N(C)c3ccccc3C23CCCCC3)C1[O-]. The summed E-state index contributed by atoms with van der Waals surface area (Å²) < 4.78 is 1.36. The summed E-state index contributed by atoms with van der Waals surface area (Å²) in [5, 5.41) is 29.3. The Hall–Kier alpha value is -2.31. The maximum atomic E-state index is 13.2. The Balaban J connectivity index is 1.52. The third-order valence-electron chi connectivity index (χ3n) is 7.76. The van der Waals surface area contributed by atoms with Gasteiger partial charge in [-0.3, -0.25) is 14.6 Å². The fourth-order valence-electron chi connectivity index (χ4n) is 6.22. The number of benzene rings is 1. The van der Waals surface area contributed by atoms with Crippen molar-refractivity contribution < 1.29 is 10.2 Å². The van der Waals surface area contributed by atoms with Crippen LogP contribution in [0, 0.1) is 12.8 Å². The fourth-order valence-corrected chi connectivity index (χ4v) is 6.22. The van der Waals surface area contributed by atoms with Crippen molar-refractivity contribution in [1.29, 1.82) is 0 Å². The molecule has 0 bridgehead atoms. The van der Waals surface area contributed by atoms with Crippen molar-refractivity contribution in [1.82, 2.24) is 9.78 Å². The normalized spacial score (nSPS) is 31.2. The van der Waals surface area contributed by atoms with Gasteiger partial charge in [-0.1, -0.05) is 43.5 Å². The average molecular weight is 408 g/mol. The van der Waals surface area contributed by atoms with Crippen molar-refractivity contribution >= 4 is 5.69 Å². The van der Waals surface area contributed by atoms with Gasteiger partial charge < -0.3 is 15.1 Å². The van der Waals surface area contributed by atoms with Crippen LogP contribution >= 0.6 is 0 Å². The van der Waals surface area contributed by atoms with Crippen LogP contribution < -0.4 is 20.7 Å². The van der Waals surface area contributed by atoms with E-state index in [4.69, 9.17) is 0 Å². The third-order valence-corrected chi connectivity index (χ3v) is 7.76. The highest BCUT2D eigenvalue weighted by molar-refractivity contribution is 5.70. The molecule has 2 heterocycles. The highest BCUT2D eigenvalue weighted by atomic mass is 16.3. The molecule has 5 rings (SSSR count). The lowest BCUT2D eigenvalue weighted by Gasteiger charge is -2.60. The Morgan fingerprint density at radius 3 is 2.40 bits per heavy atom. The van der Waals surface area contributed by atoms with Gasteiger partial charge in [0.2, 0.25) is 0 Å². The first kappa shape index (κ1) is 19.6. The van der Waals surface area contributed by atoms with Gasteiger partial charge in [0.05, 0.1) is 0 Å². The largest absolute Gasteiger partial charge is 0.851 e. The molecule has 160 valence electrons. The summed E-state index contributed by atoms with van der Waals surface area (Å²) in [6, 6.07) is 8.47. The highest BCUT2D eigenvalue weighted by Crippen LogP contribution is 2.55. The minimum atomic E-state index is -1.08.